The molecule has 0 radical (unpaired) electrons. The lowest BCUT2D eigenvalue weighted by Crippen LogP contribution is -2.24. The van der Waals surface area contributed by atoms with Crippen LogP contribution in [0.4, 0.5) is 0 Å². The van der Waals surface area contributed by atoms with E-state index in [9.17, 15) is 0 Å². The van der Waals surface area contributed by atoms with Gasteiger partial charge in [-0.05, 0) is 52.0 Å². The maximum absolute atomic E-state index is 5.46. The van der Waals surface area contributed by atoms with E-state index in [2.05, 4.69) is 17.6 Å². The lowest BCUT2D eigenvalue weighted by Gasteiger charge is -2.06. The maximum Gasteiger partial charge on any atom is -0.00368 e. The quantitative estimate of drug-likeness (QED) is 0.228. The van der Waals surface area contributed by atoms with Gasteiger partial charge in [-0.3, -0.25) is 0 Å². The molecule has 0 bridgehead atoms. The Morgan fingerprint density at radius 2 is 0.800 bits per heavy atom. The van der Waals surface area contributed by atoms with E-state index >= 15 is 0 Å². The maximum atomic E-state index is 5.46. The Balaban J connectivity index is 2.94. The van der Waals surface area contributed by atoms with Crippen LogP contribution < -0.4 is 16.4 Å². The third-order valence-corrected chi connectivity index (χ3v) is 4.97. The lowest BCUT2D eigenvalue weighted by atomic mass is 10.0. The molecule has 25 heavy (non-hydrogen) atoms. The Kier molecular flexibility index (Phi) is 23.8. The minimum atomic E-state index is 0.796. The highest BCUT2D eigenvalue weighted by molar-refractivity contribution is 4.54. The standard InChI is InChI=1S/C22H49N3/c1-2-3-4-5-6-7-8-9-10-11-12-13-14-15-19-24-21-17-22-25-20-16-18-23/h24-25H,2-23H2,1H3. The Hall–Kier alpha value is -0.120. The van der Waals surface area contributed by atoms with Gasteiger partial charge < -0.3 is 16.4 Å². The van der Waals surface area contributed by atoms with Crippen LogP contribution in [0, 0.1) is 0 Å². The fourth-order valence-corrected chi connectivity index (χ4v) is 3.26. The predicted molar refractivity (Wildman–Crippen MR) is 114 cm³/mol. The molecule has 0 aliphatic rings. The minimum absolute atomic E-state index is 0.796. The molecule has 0 aliphatic heterocycles. The summed E-state index contributed by atoms with van der Waals surface area (Å²) in [5, 5.41) is 6.98. The van der Waals surface area contributed by atoms with E-state index in [4.69, 9.17) is 5.73 Å². The molecule has 0 spiro atoms. The van der Waals surface area contributed by atoms with Crippen molar-refractivity contribution >= 4 is 0 Å². The highest BCUT2D eigenvalue weighted by Gasteiger charge is 1.94. The van der Waals surface area contributed by atoms with Crippen molar-refractivity contribution in [1.82, 2.24) is 10.6 Å². The molecule has 0 aromatic heterocycles. The fraction of sp³-hybridized carbons (Fsp3) is 1.00. The number of unbranched alkanes of at least 4 members (excludes halogenated alkanes) is 13. The third kappa shape index (κ3) is 23.9. The van der Waals surface area contributed by atoms with E-state index < -0.39 is 0 Å². The van der Waals surface area contributed by atoms with Crippen molar-refractivity contribution < 1.29 is 0 Å². The largest absolute Gasteiger partial charge is 0.330 e. The summed E-state index contributed by atoms with van der Waals surface area (Å²) in [4.78, 5) is 0. The predicted octanol–water partition coefficient (Wildman–Crippen LogP) is 5.39. The van der Waals surface area contributed by atoms with Crippen LogP contribution in [0.2, 0.25) is 0 Å². The summed E-state index contributed by atoms with van der Waals surface area (Å²) < 4.78 is 0. The smallest absolute Gasteiger partial charge is 0.00368 e. The van der Waals surface area contributed by atoms with Gasteiger partial charge in [0.25, 0.3) is 0 Å². The number of hydrogen-bond donors (Lipinski definition) is 3. The van der Waals surface area contributed by atoms with E-state index in [1.807, 2.05) is 0 Å². The molecule has 3 heteroatoms. The molecule has 4 N–H and O–H groups in total. The number of nitrogens with one attached hydrogen (secondary N) is 2. The topological polar surface area (TPSA) is 50.1 Å². The van der Waals surface area contributed by atoms with Gasteiger partial charge in [0, 0.05) is 0 Å². The molecule has 0 fully saturated rings. The molecule has 0 atom stereocenters. The van der Waals surface area contributed by atoms with Gasteiger partial charge in [0.2, 0.25) is 0 Å². The normalized spacial score (nSPS) is 11.3. The summed E-state index contributed by atoms with van der Waals surface area (Å²) in [6, 6.07) is 0. The zero-order chi connectivity index (χ0) is 18.3. The molecule has 0 aromatic rings. The first-order chi connectivity index (χ1) is 12.4. The van der Waals surface area contributed by atoms with Gasteiger partial charge in [-0.15, -0.1) is 0 Å². The van der Waals surface area contributed by atoms with Gasteiger partial charge in [0.1, 0.15) is 0 Å². The molecule has 0 amide bonds. The van der Waals surface area contributed by atoms with Crippen molar-refractivity contribution in [3.05, 3.63) is 0 Å². The van der Waals surface area contributed by atoms with Crippen LogP contribution in [0.1, 0.15) is 110 Å². The lowest BCUT2D eigenvalue weighted by molar-refractivity contribution is 0.526. The van der Waals surface area contributed by atoms with E-state index in [0.29, 0.717) is 0 Å². The third-order valence-electron chi connectivity index (χ3n) is 4.97. The van der Waals surface area contributed by atoms with Crippen molar-refractivity contribution in [2.24, 2.45) is 5.73 Å². The summed E-state index contributed by atoms with van der Waals surface area (Å²) in [5.41, 5.74) is 5.46. The van der Waals surface area contributed by atoms with E-state index in [-0.39, 0.29) is 0 Å². The summed E-state index contributed by atoms with van der Waals surface area (Å²) >= 11 is 0. The van der Waals surface area contributed by atoms with Gasteiger partial charge in [-0.1, -0.05) is 90.4 Å². The van der Waals surface area contributed by atoms with Crippen LogP contribution in [0.5, 0.6) is 0 Å². The first-order valence-electron chi connectivity index (χ1n) is 11.5. The second-order valence-corrected chi connectivity index (χ2v) is 7.59. The van der Waals surface area contributed by atoms with Crippen molar-refractivity contribution in [1.29, 1.82) is 0 Å². The van der Waals surface area contributed by atoms with Crippen LogP contribution in [0.25, 0.3) is 0 Å². The van der Waals surface area contributed by atoms with E-state index in [1.54, 1.807) is 0 Å². The van der Waals surface area contributed by atoms with Crippen LogP contribution in [0.15, 0.2) is 0 Å². The second kappa shape index (κ2) is 23.9. The van der Waals surface area contributed by atoms with Crippen LogP contribution in [-0.4, -0.2) is 32.7 Å². The van der Waals surface area contributed by atoms with Gasteiger partial charge in [-0.2, -0.15) is 0 Å². The first-order valence-corrected chi connectivity index (χ1v) is 11.5. The molecule has 0 unspecified atom stereocenters. The van der Waals surface area contributed by atoms with Crippen molar-refractivity contribution in [2.75, 3.05) is 32.7 Å². The molecule has 0 aromatic carbocycles. The zero-order valence-electron chi connectivity index (χ0n) is 17.4. The highest BCUT2D eigenvalue weighted by Crippen LogP contribution is 2.12. The highest BCUT2D eigenvalue weighted by atomic mass is 14.9. The van der Waals surface area contributed by atoms with Gasteiger partial charge >= 0.3 is 0 Å². The average Bonchev–Trinajstić information content (AvgIpc) is 2.63. The van der Waals surface area contributed by atoms with Crippen molar-refractivity contribution in [3.8, 4) is 0 Å². The number of rotatable bonds is 22. The van der Waals surface area contributed by atoms with E-state index in [0.717, 1.165) is 32.6 Å². The Morgan fingerprint density at radius 1 is 0.440 bits per heavy atom. The summed E-state index contributed by atoms with van der Waals surface area (Å²) in [5.74, 6) is 0. The fourth-order valence-electron chi connectivity index (χ4n) is 3.26. The summed E-state index contributed by atoms with van der Waals surface area (Å²) in [7, 11) is 0. The summed E-state index contributed by atoms with van der Waals surface area (Å²) in [6.07, 6.45) is 22.4. The number of nitrogens with two attached hydrogens (primary N) is 1. The monoisotopic (exact) mass is 355 g/mol. The van der Waals surface area contributed by atoms with Crippen LogP contribution >= 0.6 is 0 Å². The molecule has 0 heterocycles. The van der Waals surface area contributed by atoms with E-state index in [1.165, 1.54) is 103 Å². The Morgan fingerprint density at radius 3 is 1.24 bits per heavy atom. The molecule has 0 saturated carbocycles. The molecule has 3 nitrogen and oxygen atoms in total. The molecule has 0 aliphatic carbocycles. The molecule has 152 valence electrons. The molecular formula is C22H49N3. The minimum Gasteiger partial charge on any atom is -0.330 e. The Bertz CT molecular complexity index is 199. The van der Waals surface area contributed by atoms with Gasteiger partial charge in [0.05, 0.1) is 0 Å². The molecule has 0 rings (SSSR count). The SMILES string of the molecule is CCCCCCCCCCCCCCCCNCCCNCCCN. The van der Waals surface area contributed by atoms with Gasteiger partial charge in [0.15, 0.2) is 0 Å². The molecule has 0 saturated heterocycles. The number of hydrogen-bond acceptors (Lipinski definition) is 3. The second-order valence-electron chi connectivity index (χ2n) is 7.59. The van der Waals surface area contributed by atoms with Crippen molar-refractivity contribution in [3.63, 3.8) is 0 Å². The first kappa shape index (κ1) is 24.9. The Labute approximate surface area is 159 Å². The average molecular weight is 356 g/mol. The van der Waals surface area contributed by atoms with Crippen LogP contribution in [0.3, 0.4) is 0 Å². The summed E-state index contributed by atoms with van der Waals surface area (Å²) in [6.45, 7) is 7.61. The zero-order valence-corrected chi connectivity index (χ0v) is 17.4. The van der Waals surface area contributed by atoms with Crippen molar-refractivity contribution in [2.45, 2.75) is 110 Å². The molecular weight excluding hydrogens is 306 g/mol. The van der Waals surface area contributed by atoms with Gasteiger partial charge in [-0.25, -0.2) is 0 Å². The van der Waals surface area contributed by atoms with Crippen LogP contribution in [-0.2, 0) is 0 Å².